The second-order valence-electron chi connectivity index (χ2n) is 5.80. The molecule has 0 unspecified atom stereocenters. The van der Waals surface area contributed by atoms with Crippen LogP contribution in [0.5, 0.6) is 0 Å². The Labute approximate surface area is 133 Å². The fourth-order valence-corrected chi connectivity index (χ4v) is 3.07. The average Bonchev–Trinajstić information content (AvgIpc) is 3.18. The van der Waals surface area contributed by atoms with Crippen LogP contribution < -0.4 is 5.32 Å². The summed E-state index contributed by atoms with van der Waals surface area (Å²) in [4.78, 5) is 16.8. The summed E-state index contributed by atoms with van der Waals surface area (Å²) in [6, 6.07) is 5.79. The molecule has 0 saturated carbocycles. The van der Waals surface area contributed by atoms with Gasteiger partial charge in [-0.1, -0.05) is 13.0 Å². The van der Waals surface area contributed by atoms with Crippen LogP contribution in [0.25, 0.3) is 5.65 Å². The van der Waals surface area contributed by atoms with Crippen LogP contribution in [0.15, 0.2) is 30.6 Å². The number of hydrogen-bond donors (Lipinski definition) is 1. The quantitative estimate of drug-likeness (QED) is 0.789. The van der Waals surface area contributed by atoms with Gasteiger partial charge in [0.1, 0.15) is 23.0 Å². The Morgan fingerprint density at radius 1 is 1.39 bits per heavy atom. The molecule has 118 valence electrons. The van der Waals surface area contributed by atoms with Gasteiger partial charge in [0.2, 0.25) is 0 Å². The molecule has 0 fully saturated rings. The lowest BCUT2D eigenvalue weighted by atomic mass is 10.1. The van der Waals surface area contributed by atoms with Crippen molar-refractivity contribution in [1.82, 2.24) is 29.5 Å². The van der Waals surface area contributed by atoms with Crippen LogP contribution in [0.2, 0.25) is 0 Å². The summed E-state index contributed by atoms with van der Waals surface area (Å²) in [5.74, 6) is 1.86. The molecule has 1 atom stereocenters. The van der Waals surface area contributed by atoms with Crippen molar-refractivity contribution in [2.75, 3.05) is 0 Å². The van der Waals surface area contributed by atoms with Crippen LogP contribution in [0.4, 0.5) is 0 Å². The second-order valence-corrected chi connectivity index (χ2v) is 5.80. The van der Waals surface area contributed by atoms with E-state index in [0.717, 1.165) is 43.1 Å². The lowest BCUT2D eigenvalue weighted by molar-refractivity contribution is 0.0923. The maximum absolute atomic E-state index is 12.5. The molecule has 1 N–H and O–H groups in total. The molecule has 0 spiro atoms. The third-order valence-electron chi connectivity index (χ3n) is 4.27. The van der Waals surface area contributed by atoms with Gasteiger partial charge in [-0.05, 0) is 18.6 Å². The number of fused-ring (bicyclic) bond motifs is 2. The standard InChI is InChI=1S/C16H18N6O/c1-2-13-19-20-15-7-6-11(9-22(13)15)17-16(23)12-10-21-8-4-3-5-14(21)18-12/h3-5,8,10-11H,2,6-7,9H2,1H3,(H,17,23)/t11-/m1/s1. The van der Waals surface area contributed by atoms with Gasteiger partial charge in [0.15, 0.2) is 0 Å². The van der Waals surface area contributed by atoms with E-state index < -0.39 is 0 Å². The number of imidazole rings is 1. The molecule has 7 nitrogen and oxygen atoms in total. The Hall–Kier alpha value is -2.70. The monoisotopic (exact) mass is 310 g/mol. The molecular weight excluding hydrogens is 292 g/mol. The molecule has 3 aromatic heterocycles. The summed E-state index contributed by atoms with van der Waals surface area (Å²) >= 11 is 0. The van der Waals surface area contributed by atoms with Crippen molar-refractivity contribution in [3.63, 3.8) is 0 Å². The highest BCUT2D eigenvalue weighted by Crippen LogP contribution is 2.16. The molecule has 3 aromatic rings. The van der Waals surface area contributed by atoms with Crippen molar-refractivity contribution in [2.45, 2.75) is 38.8 Å². The molecule has 1 aliphatic heterocycles. The first kappa shape index (κ1) is 13.9. The highest BCUT2D eigenvalue weighted by molar-refractivity contribution is 5.93. The molecule has 0 radical (unpaired) electrons. The van der Waals surface area contributed by atoms with E-state index in [0.29, 0.717) is 5.69 Å². The molecule has 7 heteroatoms. The number of nitrogens with zero attached hydrogens (tertiary/aromatic N) is 5. The molecule has 0 bridgehead atoms. The lowest BCUT2D eigenvalue weighted by Gasteiger charge is -2.24. The van der Waals surface area contributed by atoms with E-state index in [4.69, 9.17) is 0 Å². The predicted molar refractivity (Wildman–Crippen MR) is 84.2 cm³/mol. The molecule has 0 aliphatic carbocycles. The summed E-state index contributed by atoms with van der Waals surface area (Å²) in [7, 11) is 0. The van der Waals surface area contributed by atoms with Crippen LogP contribution in [-0.4, -0.2) is 36.1 Å². The van der Waals surface area contributed by atoms with Crippen molar-refractivity contribution in [3.8, 4) is 0 Å². The van der Waals surface area contributed by atoms with Gasteiger partial charge < -0.3 is 14.3 Å². The van der Waals surface area contributed by atoms with Crippen LogP contribution in [0.1, 0.15) is 35.5 Å². The number of aryl methyl sites for hydroxylation is 2. The third kappa shape index (κ3) is 2.48. The van der Waals surface area contributed by atoms with Gasteiger partial charge in [0.25, 0.3) is 5.91 Å². The first-order valence-corrected chi connectivity index (χ1v) is 7.90. The molecule has 1 amide bonds. The third-order valence-corrected chi connectivity index (χ3v) is 4.27. The number of aromatic nitrogens is 5. The Morgan fingerprint density at radius 2 is 2.30 bits per heavy atom. The van der Waals surface area contributed by atoms with Crippen molar-refractivity contribution < 1.29 is 4.79 Å². The minimum atomic E-state index is -0.131. The van der Waals surface area contributed by atoms with E-state index in [1.165, 1.54) is 0 Å². The summed E-state index contributed by atoms with van der Waals surface area (Å²) in [6.45, 7) is 2.79. The Bertz CT molecular complexity index is 818. The Kier molecular flexibility index (Phi) is 3.33. The normalized spacial score (nSPS) is 17.2. The fourth-order valence-electron chi connectivity index (χ4n) is 3.07. The maximum atomic E-state index is 12.5. The van der Waals surface area contributed by atoms with Crippen molar-refractivity contribution >= 4 is 11.6 Å². The SMILES string of the molecule is CCc1nnc2n1C[C@H](NC(=O)c1cn3ccccc3n1)CC2. The van der Waals surface area contributed by atoms with Gasteiger partial charge in [-0.3, -0.25) is 4.79 Å². The fraction of sp³-hybridized carbons (Fsp3) is 0.375. The van der Waals surface area contributed by atoms with Gasteiger partial charge in [0.05, 0.1) is 0 Å². The zero-order valence-electron chi connectivity index (χ0n) is 12.9. The number of nitrogens with one attached hydrogen (secondary N) is 1. The number of hydrogen-bond acceptors (Lipinski definition) is 4. The molecular formula is C16H18N6O. The smallest absolute Gasteiger partial charge is 0.271 e. The minimum absolute atomic E-state index is 0.0844. The van der Waals surface area contributed by atoms with E-state index in [9.17, 15) is 4.79 Å². The molecule has 0 aromatic carbocycles. The maximum Gasteiger partial charge on any atom is 0.271 e. The lowest BCUT2D eigenvalue weighted by Crippen LogP contribution is -2.41. The Morgan fingerprint density at radius 3 is 3.13 bits per heavy atom. The van der Waals surface area contributed by atoms with E-state index in [1.807, 2.05) is 28.8 Å². The van der Waals surface area contributed by atoms with Gasteiger partial charge >= 0.3 is 0 Å². The zero-order chi connectivity index (χ0) is 15.8. The number of carbonyl (C=O) groups is 1. The van der Waals surface area contributed by atoms with Crippen LogP contribution in [-0.2, 0) is 19.4 Å². The van der Waals surface area contributed by atoms with Crippen molar-refractivity contribution in [2.24, 2.45) is 0 Å². The highest BCUT2D eigenvalue weighted by atomic mass is 16.2. The van der Waals surface area contributed by atoms with Crippen molar-refractivity contribution in [3.05, 3.63) is 47.9 Å². The second kappa shape index (κ2) is 5.49. The van der Waals surface area contributed by atoms with Gasteiger partial charge in [-0.2, -0.15) is 0 Å². The van der Waals surface area contributed by atoms with Crippen LogP contribution in [0, 0.1) is 0 Å². The van der Waals surface area contributed by atoms with E-state index in [2.05, 4.69) is 32.0 Å². The predicted octanol–water partition coefficient (Wildman–Crippen LogP) is 1.23. The van der Waals surface area contributed by atoms with E-state index >= 15 is 0 Å². The van der Waals surface area contributed by atoms with Gasteiger partial charge in [0, 0.05) is 37.8 Å². The molecule has 1 aliphatic rings. The number of pyridine rings is 1. The Balaban J connectivity index is 1.51. The van der Waals surface area contributed by atoms with Gasteiger partial charge in [-0.25, -0.2) is 4.98 Å². The highest BCUT2D eigenvalue weighted by Gasteiger charge is 2.24. The molecule has 4 rings (SSSR count). The summed E-state index contributed by atoms with van der Waals surface area (Å²) in [5.41, 5.74) is 1.22. The zero-order valence-corrected chi connectivity index (χ0v) is 12.9. The van der Waals surface area contributed by atoms with E-state index in [-0.39, 0.29) is 11.9 Å². The minimum Gasteiger partial charge on any atom is -0.346 e. The van der Waals surface area contributed by atoms with E-state index in [1.54, 1.807) is 6.20 Å². The number of carbonyl (C=O) groups excluding carboxylic acids is 1. The van der Waals surface area contributed by atoms with Crippen LogP contribution in [0.3, 0.4) is 0 Å². The largest absolute Gasteiger partial charge is 0.346 e. The topological polar surface area (TPSA) is 77.1 Å². The van der Waals surface area contributed by atoms with Gasteiger partial charge in [-0.15, -0.1) is 10.2 Å². The molecule has 23 heavy (non-hydrogen) atoms. The summed E-state index contributed by atoms with van der Waals surface area (Å²) < 4.78 is 3.97. The summed E-state index contributed by atoms with van der Waals surface area (Å²) in [5, 5.41) is 11.5. The van der Waals surface area contributed by atoms with Crippen LogP contribution >= 0.6 is 0 Å². The number of rotatable bonds is 3. The number of amides is 1. The molecule has 0 saturated heterocycles. The van der Waals surface area contributed by atoms with Crippen molar-refractivity contribution in [1.29, 1.82) is 0 Å². The molecule has 4 heterocycles. The summed E-state index contributed by atoms with van der Waals surface area (Å²) in [6.07, 6.45) is 6.20. The first-order valence-electron chi connectivity index (χ1n) is 7.90. The first-order chi connectivity index (χ1) is 11.2. The average molecular weight is 310 g/mol.